The van der Waals surface area contributed by atoms with Gasteiger partial charge in [0.2, 0.25) is 0 Å². The summed E-state index contributed by atoms with van der Waals surface area (Å²) in [6.07, 6.45) is 3.33. The minimum absolute atomic E-state index is 0.271. The van der Waals surface area contributed by atoms with E-state index in [-0.39, 0.29) is 11.6 Å². The second-order valence-electron chi connectivity index (χ2n) is 6.87. The summed E-state index contributed by atoms with van der Waals surface area (Å²) >= 11 is 0. The number of aliphatic hydroxyl groups excluding tert-OH is 1. The summed E-state index contributed by atoms with van der Waals surface area (Å²) in [5.41, 5.74) is 4.02. The molecule has 1 amide bonds. The highest BCUT2D eigenvalue weighted by Crippen LogP contribution is 2.43. The molecule has 5 heteroatoms. The molecule has 140 valence electrons. The number of carbonyl (C=O) groups excluding carboxylic acids is 1. The van der Waals surface area contributed by atoms with E-state index in [1.807, 2.05) is 43.3 Å². The molecule has 0 fully saturated rings. The Morgan fingerprint density at radius 2 is 1.64 bits per heavy atom. The Morgan fingerprint density at radius 1 is 1.00 bits per heavy atom. The molecule has 3 aromatic rings. The molecule has 28 heavy (non-hydrogen) atoms. The summed E-state index contributed by atoms with van der Waals surface area (Å²) in [5.74, 6) is -1.06. The summed E-state index contributed by atoms with van der Waals surface area (Å²) in [6, 6.07) is 16.8. The van der Waals surface area contributed by atoms with Gasteiger partial charge in [-0.15, -0.1) is 0 Å². The van der Waals surface area contributed by atoms with Gasteiger partial charge in [0.25, 0.3) is 5.91 Å². The van der Waals surface area contributed by atoms with Crippen LogP contribution in [0.4, 0.5) is 4.39 Å². The number of carbonyl (C=O) groups is 1. The number of aryl methyl sites for hydroxylation is 1. The average Bonchev–Trinajstić information content (AvgIpc) is 2.95. The molecule has 2 aromatic carbocycles. The first kappa shape index (κ1) is 17.9. The number of pyridine rings is 1. The third-order valence-corrected chi connectivity index (χ3v) is 4.95. The van der Waals surface area contributed by atoms with E-state index in [1.54, 1.807) is 29.4 Å². The number of hydrogen-bond donors (Lipinski definition) is 1. The molecule has 1 aliphatic heterocycles. The highest BCUT2D eigenvalue weighted by Gasteiger charge is 2.40. The molecule has 0 spiro atoms. The van der Waals surface area contributed by atoms with Crippen LogP contribution in [0.15, 0.2) is 78.8 Å². The van der Waals surface area contributed by atoms with Gasteiger partial charge in [0.05, 0.1) is 6.04 Å². The Hall–Kier alpha value is -3.47. The van der Waals surface area contributed by atoms with Crippen molar-refractivity contribution < 1.29 is 14.3 Å². The van der Waals surface area contributed by atoms with Gasteiger partial charge in [-0.3, -0.25) is 9.78 Å². The van der Waals surface area contributed by atoms with Crippen LogP contribution in [-0.2, 0) is 11.3 Å². The number of aromatic nitrogens is 1. The van der Waals surface area contributed by atoms with Crippen molar-refractivity contribution in [1.82, 2.24) is 9.88 Å². The third-order valence-electron chi connectivity index (χ3n) is 4.95. The minimum Gasteiger partial charge on any atom is -0.503 e. The zero-order valence-electron chi connectivity index (χ0n) is 15.3. The molecule has 2 heterocycles. The number of benzene rings is 2. The minimum atomic E-state index is -0.510. The van der Waals surface area contributed by atoms with Crippen molar-refractivity contribution in [3.8, 4) is 0 Å². The van der Waals surface area contributed by atoms with Gasteiger partial charge in [0.1, 0.15) is 5.82 Å². The molecule has 0 saturated heterocycles. The van der Waals surface area contributed by atoms with Crippen LogP contribution in [0.1, 0.15) is 28.3 Å². The van der Waals surface area contributed by atoms with E-state index in [4.69, 9.17) is 0 Å². The van der Waals surface area contributed by atoms with Crippen LogP contribution in [0.5, 0.6) is 0 Å². The number of halogens is 1. The van der Waals surface area contributed by atoms with Crippen LogP contribution in [0.2, 0.25) is 0 Å². The van der Waals surface area contributed by atoms with Crippen molar-refractivity contribution in [1.29, 1.82) is 0 Å². The second-order valence-corrected chi connectivity index (χ2v) is 6.87. The number of amides is 1. The van der Waals surface area contributed by atoms with E-state index in [0.717, 1.165) is 22.3 Å². The molecular formula is C23H19FN2O2. The fraction of sp³-hybridized carbons (Fsp3) is 0.130. The van der Waals surface area contributed by atoms with Gasteiger partial charge in [-0.2, -0.15) is 0 Å². The van der Waals surface area contributed by atoms with E-state index < -0.39 is 11.9 Å². The van der Waals surface area contributed by atoms with Gasteiger partial charge in [-0.1, -0.05) is 42.0 Å². The van der Waals surface area contributed by atoms with Crippen molar-refractivity contribution in [2.75, 3.05) is 0 Å². The third kappa shape index (κ3) is 3.27. The van der Waals surface area contributed by atoms with Gasteiger partial charge in [0.15, 0.2) is 5.76 Å². The number of nitrogens with zero attached hydrogens (tertiary/aromatic N) is 2. The van der Waals surface area contributed by atoms with E-state index in [2.05, 4.69) is 4.98 Å². The maximum absolute atomic E-state index is 13.5. The molecule has 1 atom stereocenters. The summed E-state index contributed by atoms with van der Waals surface area (Å²) in [5, 5.41) is 10.7. The first-order chi connectivity index (χ1) is 13.5. The van der Waals surface area contributed by atoms with E-state index in [0.29, 0.717) is 12.1 Å². The van der Waals surface area contributed by atoms with E-state index in [9.17, 15) is 14.3 Å². The van der Waals surface area contributed by atoms with Gasteiger partial charge in [0, 0.05) is 24.5 Å². The van der Waals surface area contributed by atoms with Crippen LogP contribution >= 0.6 is 0 Å². The normalized spacial score (nSPS) is 16.7. The average molecular weight is 374 g/mol. The SMILES string of the molecule is Cc1ccc(C2=C(O)C(=O)N(Cc3ccncc3)[C@H]2c2ccc(F)cc2)cc1. The van der Waals surface area contributed by atoms with Crippen molar-refractivity contribution >= 4 is 11.5 Å². The molecule has 1 N–H and O–H groups in total. The topological polar surface area (TPSA) is 53.4 Å². The Labute approximate surface area is 162 Å². The lowest BCUT2D eigenvalue weighted by atomic mass is 9.93. The van der Waals surface area contributed by atoms with Gasteiger partial charge < -0.3 is 10.0 Å². The number of aliphatic hydroxyl groups is 1. The van der Waals surface area contributed by atoms with Gasteiger partial charge in [-0.25, -0.2) is 4.39 Å². The van der Waals surface area contributed by atoms with Crippen LogP contribution in [0, 0.1) is 12.7 Å². The Bertz CT molecular complexity index is 1030. The van der Waals surface area contributed by atoms with Crippen LogP contribution in [0.25, 0.3) is 5.57 Å². The monoisotopic (exact) mass is 374 g/mol. The number of hydrogen-bond acceptors (Lipinski definition) is 3. The van der Waals surface area contributed by atoms with Crippen molar-refractivity contribution in [3.05, 3.63) is 107 Å². The lowest BCUT2D eigenvalue weighted by Gasteiger charge is -2.27. The molecule has 0 bridgehead atoms. The molecule has 0 saturated carbocycles. The van der Waals surface area contributed by atoms with Crippen molar-refractivity contribution in [3.63, 3.8) is 0 Å². The Morgan fingerprint density at radius 3 is 2.29 bits per heavy atom. The predicted molar refractivity (Wildman–Crippen MR) is 105 cm³/mol. The highest BCUT2D eigenvalue weighted by atomic mass is 19.1. The quantitative estimate of drug-likeness (QED) is 0.727. The molecule has 1 aromatic heterocycles. The lowest BCUT2D eigenvalue weighted by molar-refractivity contribution is -0.130. The smallest absolute Gasteiger partial charge is 0.290 e. The van der Waals surface area contributed by atoms with Gasteiger partial charge in [-0.05, 0) is 47.9 Å². The van der Waals surface area contributed by atoms with Gasteiger partial charge >= 0.3 is 0 Å². The fourth-order valence-electron chi connectivity index (χ4n) is 3.52. The first-order valence-electron chi connectivity index (χ1n) is 9.00. The first-order valence-corrected chi connectivity index (χ1v) is 9.00. The van der Waals surface area contributed by atoms with Crippen LogP contribution in [0.3, 0.4) is 0 Å². The molecule has 0 radical (unpaired) electrons. The molecule has 1 aliphatic rings. The summed E-state index contributed by atoms with van der Waals surface area (Å²) in [4.78, 5) is 18.6. The zero-order valence-corrected chi connectivity index (χ0v) is 15.3. The van der Waals surface area contributed by atoms with Crippen molar-refractivity contribution in [2.45, 2.75) is 19.5 Å². The standard InChI is InChI=1S/C23H19FN2O2/c1-15-2-4-17(5-3-15)20-21(18-6-8-19(24)9-7-18)26(23(28)22(20)27)14-16-10-12-25-13-11-16/h2-13,21,27H,14H2,1H3/t21-/m0/s1. The Kier molecular flexibility index (Phi) is 4.65. The zero-order chi connectivity index (χ0) is 19.7. The highest BCUT2D eigenvalue weighted by molar-refractivity contribution is 6.05. The van der Waals surface area contributed by atoms with Crippen molar-refractivity contribution in [2.24, 2.45) is 0 Å². The largest absolute Gasteiger partial charge is 0.503 e. The molecule has 0 unspecified atom stereocenters. The van der Waals surface area contributed by atoms with E-state index >= 15 is 0 Å². The summed E-state index contributed by atoms with van der Waals surface area (Å²) < 4.78 is 13.5. The Balaban J connectivity index is 1.81. The summed E-state index contributed by atoms with van der Waals surface area (Å²) in [7, 11) is 0. The molecule has 4 nitrogen and oxygen atoms in total. The molecular weight excluding hydrogens is 355 g/mol. The molecule has 4 rings (SSSR count). The molecule has 0 aliphatic carbocycles. The summed E-state index contributed by atoms with van der Waals surface area (Å²) in [6.45, 7) is 2.29. The maximum atomic E-state index is 13.5. The number of rotatable bonds is 4. The second kappa shape index (κ2) is 7.27. The predicted octanol–water partition coefficient (Wildman–Crippen LogP) is 4.58. The van der Waals surface area contributed by atoms with Crippen LogP contribution < -0.4 is 0 Å². The van der Waals surface area contributed by atoms with E-state index in [1.165, 1.54) is 12.1 Å². The maximum Gasteiger partial charge on any atom is 0.290 e. The lowest BCUT2D eigenvalue weighted by Crippen LogP contribution is -2.29. The fourth-order valence-corrected chi connectivity index (χ4v) is 3.52. The van der Waals surface area contributed by atoms with Crippen LogP contribution in [-0.4, -0.2) is 20.9 Å².